The number of aromatic carboxylic acids is 1. The number of halogens is 4. The average Bonchev–Trinajstić information content (AvgIpc) is 3.23. The number of hydrogen-bond donors (Lipinski definition) is 2. The first kappa shape index (κ1) is 20.4. The summed E-state index contributed by atoms with van der Waals surface area (Å²) in [5.41, 5.74) is -3.30. The van der Waals surface area contributed by atoms with Gasteiger partial charge in [0.1, 0.15) is 11.3 Å². The van der Waals surface area contributed by atoms with Crippen LogP contribution < -0.4 is 0 Å². The van der Waals surface area contributed by atoms with E-state index >= 15 is 0 Å². The summed E-state index contributed by atoms with van der Waals surface area (Å²) in [7, 11) is 0. The molecule has 2 aromatic heterocycles. The van der Waals surface area contributed by atoms with Crippen molar-refractivity contribution in [1.29, 1.82) is 0 Å². The molecule has 0 spiro atoms. The maximum Gasteiger partial charge on any atom is 0.433 e. The number of rotatable bonds is 4. The van der Waals surface area contributed by atoms with Crippen LogP contribution >= 0.6 is 11.6 Å². The van der Waals surface area contributed by atoms with Gasteiger partial charge in [-0.05, 0) is 25.8 Å². The Balaban J connectivity index is 1.89. The van der Waals surface area contributed by atoms with Gasteiger partial charge in [0.05, 0.1) is 28.4 Å². The number of aliphatic hydroxyl groups is 1. The SMILES string of the molecule is CC1(O)CC(n2ncc(-c3onc(-c4ccccc4Cl)c3C(=O)O)c2C(F)(F)F)C1. The van der Waals surface area contributed by atoms with Gasteiger partial charge in [-0.1, -0.05) is 35.0 Å². The molecule has 0 amide bonds. The first-order chi connectivity index (χ1) is 14.0. The lowest BCUT2D eigenvalue weighted by molar-refractivity contribution is -0.148. The van der Waals surface area contributed by atoms with E-state index in [0.29, 0.717) is 0 Å². The molecule has 0 atom stereocenters. The molecular weight excluding hydrogens is 427 g/mol. The minimum absolute atomic E-state index is 0.0876. The van der Waals surface area contributed by atoms with Crippen LogP contribution in [0.15, 0.2) is 35.0 Å². The summed E-state index contributed by atoms with van der Waals surface area (Å²) < 4.78 is 47.6. The van der Waals surface area contributed by atoms with E-state index in [-0.39, 0.29) is 29.1 Å². The second-order valence-electron chi connectivity index (χ2n) is 7.43. The zero-order valence-electron chi connectivity index (χ0n) is 15.4. The maximum atomic E-state index is 13.9. The molecule has 1 aromatic carbocycles. The molecule has 0 saturated heterocycles. The standard InChI is InChI=1S/C19H15ClF3N3O4/c1-18(29)6-9(7-18)26-16(19(21,22)23)11(8-24-26)15-13(17(27)28)14(25-30-15)10-4-2-3-5-12(10)20/h2-5,8-9,29H,6-7H2,1H3,(H,27,28). The average molecular weight is 442 g/mol. The van der Waals surface area contributed by atoms with Crippen molar-refractivity contribution in [2.45, 2.75) is 37.6 Å². The minimum atomic E-state index is -4.85. The summed E-state index contributed by atoms with van der Waals surface area (Å²) in [4.78, 5) is 11.9. The third kappa shape index (κ3) is 3.35. The Bertz CT molecular complexity index is 1130. The predicted octanol–water partition coefficient (Wildman–Crippen LogP) is 4.66. The normalized spacial score (nSPS) is 21.5. The summed E-state index contributed by atoms with van der Waals surface area (Å²) in [6, 6.07) is 5.51. The Morgan fingerprint density at radius 1 is 1.30 bits per heavy atom. The number of hydrogen-bond acceptors (Lipinski definition) is 5. The van der Waals surface area contributed by atoms with Crippen LogP contribution in [0.3, 0.4) is 0 Å². The molecule has 0 bridgehead atoms. The first-order valence-corrected chi connectivity index (χ1v) is 9.23. The molecular formula is C19H15ClF3N3O4. The molecule has 0 radical (unpaired) electrons. The van der Waals surface area contributed by atoms with Gasteiger partial charge in [0.2, 0.25) is 0 Å². The molecule has 1 saturated carbocycles. The van der Waals surface area contributed by atoms with Crippen LogP contribution in [0.4, 0.5) is 13.2 Å². The highest BCUT2D eigenvalue weighted by Gasteiger charge is 2.47. The number of carboxylic acid groups (broad SMARTS) is 1. The van der Waals surface area contributed by atoms with Crippen molar-refractivity contribution in [2.24, 2.45) is 0 Å². The van der Waals surface area contributed by atoms with Crippen molar-refractivity contribution in [3.05, 3.63) is 46.7 Å². The maximum absolute atomic E-state index is 13.9. The molecule has 30 heavy (non-hydrogen) atoms. The van der Waals surface area contributed by atoms with Gasteiger partial charge in [0.15, 0.2) is 11.5 Å². The molecule has 1 aliphatic rings. The second kappa shape index (κ2) is 6.85. The van der Waals surface area contributed by atoms with Gasteiger partial charge in [0, 0.05) is 5.56 Å². The number of aromatic nitrogens is 3. The molecule has 2 heterocycles. The topological polar surface area (TPSA) is 101 Å². The zero-order chi connectivity index (χ0) is 21.8. The summed E-state index contributed by atoms with van der Waals surface area (Å²) in [5, 5.41) is 27.3. The van der Waals surface area contributed by atoms with E-state index in [2.05, 4.69) is 10.3 Å². The second-order valence-corrected chi connectivity index (χ2v) is 7.84. The van der Waals surface area contributed by atoms with E-state index in [1.54, 1.807) is 12.1 Å². The third-order valence-electron chi connectivity index (χ3n) is 5.04. The number of carboxylic acids is 1. The molecule has 4 rings (SSSR count). The molecule has 3 aromatic rings. The van der Waals surface area contributed by atoms with Gasteiger partial charge in [-0.15, -0.1) is 0 Å². The Hall–Kier alpha value is -2.85. The highest BCUT2D eigenvalue weighted by Crippen LogP contribution is 2.47. The van der Waals surface area contributed by atoms with Gasteiger partial charge in [-0.25, -0.2) is 4.79 Å². The van der Waals surface area contributed by atoms with Crippen LogP contribution in [0.2, 0.25) is 5.02 Å². The molecule has 158 valence electrons. The highest BCUT2D eigenvalue weighted by molar-refractivity contribution is 6.33. The van der Waals surface area contributed by atoms with Crippen LogP contribution in [0.5, 0.6) is 0 Å². The Morgan fingerprint density at radius 2 is 1.97 bits per heavy atom. The van der Waals surface area contributed by atoms with Crippen molar-refractivity contribution in [2.75, 3.05) is 0 Å². The quantitative estimate of drug-likeness (QED) is 0.610. The summed E-state index contributed by atoms with van der Waals surface area (Å²) in [6.45, 7) is 1.52. The van der Waals surface area contributed by atoms with Gasteiger partial charge in [-0.2, -0.15) is 18.3 Å². The number of benzene rings is 1. The molecule has 0 aliphatic heterocycles. The van der Waals surface area contributed by atoms with Crippen molar-refractivity contribution in [1.82, 2.24) is 14.9 Å². The monoisotopic (exact) mass is 441 g/mol. The van der Waals surface area contributed by atoms with E-state index < -0.39 is 46.4 Å². The zero-order valence-corrected chi connectivity index (χ0v) is 16.2. The third-order valence-corrected chi connectivity index (χ3v) is 5.37. The smallest absolute Gasteiger partial charge is 0.433 e. The van der Waals surface area contributed by atoms with E-state index in [0.717, 1.165) is 10.9 Å². The minimum Gasteiger partial charge on any atom is -0.477 e. The summed E-state index contributed by atoms with van der Waals surface area (Å²) in [6.07, 6.45) is -3.77. The van der Waals surface area contributed by atoms with Gasteiger partial charge in [-0.3, -0.25) is 4.68 Å². The largest absolute Gasteiger partial charge is 0.477 e. The molecule has 1 aliphatic carbocycles. The van der Waals surface area contributed by atoms with E-state index in [1.807, 2.05) is 0 Å². The number of nitrogens with zero attached hydrogens (tertiary/aromatic N) is 3. The van der Waals surface area contributed by atoms with Crippen molar-refractivity contribution in [3.8, 4) is 22.6 Å². The van der Waals surface area contributed by atoms with Crippen LogP contribution in [0.25, 0.3) is 22.6 Å². The lowest BCUT2D eigenvalue weighted by Crippen LogP contribution is -2.43. The van der Waals surface area contributed by atoms with Crippen LogP contribution in [0.1, 0.15) is 41.9 Å². The Kier molecular flexibility index (Phi) is 4.66. The number of carbonyl (C=O) groups is 1. The van der Waals surface area contributed by atoms with Crippen LogP contribution in [0, 0.1) is 0 Å². The predicted molar refractivity (Wildman–Crippen MR) is 99.0 cm³/mol. The summed E-state index contributed by atoms with van der Waals surface area (Å²) >= 11 is 6.10. The van der Waals surface area contributed by atoms with Gasteiger partial charge >= 0.3 is 12.1 Å². The van der Waals surface area contributed by atoms with Gasteiger partial charge in [0.25, 0.3) is 0 Å². The fourth-order valence-corrected chi connectivity index (χ4v) is 3.95. The summed E-state index contributed by atoms with van der Waals surface area (Å²) in [5.74, 6) is -2.09. The van der Waals surface area contributed by atoms with Crippen molar-refractivity contribution in [3.63, 3.8) is 0 Å². The van der Waals surface area contributed by atoms with Crippen LogP contribution in [-0.2, 0) is 6.18 Å². The Morgan fingerprint density at radius 3 is 2.53 bits per heavy atom. The van der Waals surface area contributed by atoms with Crippen molar-refractivity contribution >= 4 is 17.6 Å². The first-order valence-electron chi connectivity index (χ1n) is 8.85. The van der Waals surface area contributed by atoms with E-state index in [4.69, 9.17) is 16.1 Å². The molecule has 1 fully saturated rings. The fraction of sp³-hybridized carbons (Fsp3) is 0.316. The molecule has 2 N–H and O–H groups in total. The van der Waals surface area contributed by atoms with E-state index in [1.165, 1.54) is 19.1 Å². The highest BCUT2D eigenvalue weighted by atomic mass is 35.5. The van der Waals surface area contributed by atoms with Crippen molar-refractivity contribution < 1.29 is 32.7 Å². The Labute approximate surface area is 172 Å². The lowest BCUT2D eigenvalue weighted by Gasteiger charge is -2.41. The molecule has 0 unspecified atom stereocenters. The van der Waals surface area contributed by atoms with E-state index in [9.17, 15) is 28.2 Å². The molecule has 11 heteroatoms. The van der Waals surface area contributed by atoms with Crippen LogP contribution in [-0.4, -0.2) is 36.7 Å². The fourth-order valence-electron chi connectivity index (χ4n) is 3.73. The molecule has 7 nitrogen and oxygen atoms in total. The lowest BCUT2D eigenvalue weighted by atomic mass is 9.77. The van der Waals surface area contributed by atoms with Gasteiger partial charge < -0.3 is 14.7 Å². The number of alkyl halides is 3.